The Hall–Kier alpha value is -2.26. The molecular weight excluding hydrogens is 405 g/mol. The van der Waals surface area contributed by atoms with Crippen LogP contribution in [0.4, 0.5) is 18.9 Å². The van der Waals surface area contributed by atoms with Crippen molar-refractivity contribution in [2.45, 2.75) is 37.4 Å². The molecule has 0 aromatic heterocycles. The second-order valence-electron chi connectivity index (χ2n) is 7.37. The van der Waals surface area contributed by atoms with Crippen LogP contribution >= 0.6 is 0 Å². The first-order chi connectivity index (χ1) is 13.5. The average Bonchev–Trinajstić information content (AvgIpc) is 3.00. The van der Waals surface area contributed by atoms with Gasteiger partial charge in [-0.15, -0.1) is 0 Å². The maximum atomic E-state index is 13.4. The number of halogens is 3. The highest BCUT2D eigenvalue weighted by molar-refractivity contribution is 7.92. The van der Waals surface area contributed by atoms with Gasteiger partial charge in [0.05, 0.1) is 16.1 Å². The number of nitrogens with one attached hydrogen (secondary N) is 1. The molecule has 1 aliphatic rings. The Labute approximate surface area is 168 Å². The lowest BCUT2D eigenvalue weighted by Crippen LogP contribution is -2.23. The molecule has 0 aliphatic carbocycles. The van der Waals surface area contributed by atoms with E-state index in [1.54, 1.807) is 26.0 Å². The Morgan fingerprint density at radius 1 is 1.14 bits per heavy atom. The van der Waals surface area contributed by atoms with Gasteiger partial charge in [0.25, 0.3) is 10.0 Å². The van der Waals surface area contributed by atoms with E-state index in [1.807, 2.05) is 11.9 Å². The molecule has 1 heterocycles. The van der Waals surface area contributed by atoms with Crippen molar-refractivity contribution in [3.8, 4) is 5.75 Å². The van der Waals surface area contributed by atoms with Gasteiger partial charge in [0.2, 0.25) is 0 Å². The van der Waals surface area contributed by atoms with Gasteiger partial charge < -0.3 is 9.64 Å². The van der Waals surface area contributed by atoms with Gasteiger partial charge in [0, 0.05) is 19.2 Å². The third kappa shape index (κ3) is 5.02. The lowest BCUT2D eigenvalue weighted by atomic mass is 10.1. The number of nitrogens with zero attached hydrogens (tertiary/aromatic N) is 1. The summed E-state index contributed by atoms with van der Waals surface area (Å²) in [6.07, 6.45) is -4.39. The number of hydrogen-bond acceptors (Lipinski definition) is 4. The molecule has 29 heavy (non-hydrogen) atoms. The molecule has 1 aliphatic heterocycles. The molecule has 9 heteroatoms. The summed E-state index contributed by atoms with van der Waals surface area (Å²) in [7, 11) is -2.10. The first-order valence-corrected chi connectivity index (χ1v) is 10.6. The van der Waals surface area contributed by atoms with Crippen LogP contribution < -0.4 is 9.46 Å². The van der Waals surface area contributed by atoms with Crippen LogP contribution in [0.3, 0.4) is 0 Å². The largest absolute Gasteiger partial charge is 0.488 e. The Balaban J connectivity index is 1.93. The smallest absolute Gasteiger partial charge is 0.419 e. The van der Waals surface area contributed by atoms with E-state index < -0.39 is 21.8 Å². The summed E-state index contributed by atoms with van der Waals surface area (Å²) in [5.74, 6) is -0.376. The number of ether oxygens (including phenoxy) is 1. The molecule has 1 saturated heterocycles. The van der Waals surface area contributed by atoms with Crippen molar-refractivity contribution in [2.75, 3.05) is 24.9 Å². The summed E-state index contributed by atoms with van der Waals surface area (Å²) in [6.45, 7) is 4.66. The molecule has 0 bridgehead atoms. The number of rotatable bonds is 5. The number of sulfonamides is 1. The van der Waals surface area contributed by atoms with E-state index in [4.69, 9.17) is 4.74 Å². The van der Waals surface area contributed by atoms with Crippen molar-refractivity contribution in [2.24, 2.45) is 0 Å². The third-order valence-corrected chi connectivity index (χ3v) is 6.34. The van der Waals surface area contributed by atoms with Gasteiger partial charge in [0.15, 0.2) is 0 Å². The zero-order chi connectivity index (χ0) is 21.4. The maximum absolute atomic E-state index is 13.4. The van der Waals surface area contributed by atoms with Crippen LogP contribution in [0.25, 0.3) is 0 Å². The van der Waals surface area contributed by atoms with E-state index in [-0.39, 0.29) is 22.4 Å². The van der Waals surface area contributed by atoms with Crippen LogP contribution in [0.5, 0.6) is 5.75 Å². The van der Waals surface area contributed by atoms with Gasteiger partial charge in [-0.2, -0.15) is 13.2 Å². The van der Waals surface area contributed by atoms with Crippen LogP contribution in [0.15, 0.2) is 41.3 Å². The van der Waals surface area contributed by atoms with Crippen molar-refractivity contribution < 1.29 is 26.3 Å². The predicted octanol–water partition coefficient (Wildman–Crippen LogP) is 4.21. The highest BCUT2D eigenvalue weighted by Crippen LogP contribution is 2.39. The van der Waals surface area contributed by atoms with Gasteiger partial charge >= 0.3 is 6.18 Å². The van der Waals surface area contributed by atoms with Crippen LogP contribution in [0.2, 0.25) is 0 Å². The zero-order valence-electron chi connectivity index (χ0n) is 16.4. The van der Waals surface area contributed by atoms with Gasteiger partial charge in [-0.25, -0.2) is 8.42 Å². The number of alkyl halides is 3. The van der Waals surface area contributed by atoms with Crippen LogP contribution in [0.1, 0.15) is 23.1 Å². The molecule has 1 atom stereocenters. The molecule has 0 radical (unpaired) electrons. The second-order valence-corrected chi connectivity index (χ2v) is 9.02. The standard InChI is InChI=1S/C20H23F3N2O3S/c1-13-4-5-14(2)19(10-13)29(26,27)24-15-6-7-17(20(21,22)23)18(11-15)28-16-8-9-25(3)12-16/h4-7,10-11,16,24H,8-9,12H2,1-3H3/t16-/m1/s1. The highest BCUT2D eigenvalue weighted by atomic mass is 32.2. The number of aryl methyl sites for hydroxylation is 2. The first kappa shape index (κ1) is 21.4. The summed E-state index contributed by atoms with van der Waals surface area (Å²) in [4.78, 5) is 2.04. The fourth-order valence-corrected chi connectivity index (χ4v) is 4.67. The maximum Gasteiger partial charge on any atom is 0.419 e. The molecule has 2 aromatic carbocycles. The fraction of sp³-hybridized carbons (Fsp3) is 0.400. The van der Waals surface area contributed by atoms with Crippen molar-refractivity contribution >= 4 is 15.7 Å². The highest BCUT2D eigenvalue weighted by Gasteiger charge is 2.36. The molecule has 3 rings (SSSR count). The Bertz CT molecular complexity index is 1010. The molecule has 0 spiro atoms. The predicted molar refractivity (Wildman–Crippen MR) is 105 cm³/mol. The molecular formula is C20H23F3N2O3S. The molecule has 5 nitrogen and oxygen atoms in total. The van der Waals surface area contributed by atoms with Gasteiger partial charge in [-0.1, -0.05) is 12.1 Å². The van der Waals surface area contributed by atoms with E-state index in [1.165, 1.54) is 6.07 Å². The van der Waals surface area contributed by atoms with Gasteiger partial charge in [0.1, 0.15) is 11.9 Å². The average molecular weight is 428 g/mol. The van der Waals surface area contributed by atoms with Gasteiger partial charge in [-0.05, 0) is 56.6 Å². The monoisotopic (exact) mass is 428 g/mol. The molecule has 158 valence electrons. The zero-order valence-corrected chi connectivity index (χ0v) is 17.2. The molecule has 1 fully saturated rings. The molecule has 0 saturated carbocycles. The third-order valence-electron chi connectivity index (χ3n) is 4.81. The summed E-state index contributed by atoms with van der Waals surface area (Å²) >= 11 is 0. The molecule has 2 aromatic rings. The van der Waals surface area contributed by atoms with Crippen molar-refractivity contribution in [3.63, 3.8) is 0 Å². The van der Waals surface area contributed by atoms with Crippen LogP contribution in [0, 0.1) is 13.8 Å². The van der Waals surface area contributed by atoms with Crippen molar-refractivity contribution in [3.05, 3.63) is 53.1 Å². The summed E-state index contributed by atoms with van der Waals surface area (Å²) < 4.78 is 73.7. The topological polar surface area (TPSA) is 58.6 Å². The fourth-order valence-electron chi connectivity index (χ4n) is 3.29. The van der Waals surface area contributed by atoms with E-state index in [9.17, 15) is 21.6 Å². The minimum Gasteiger partial charge on any atom is -0.488 e. The number of benzene rings is 2. The molecule has 0 amide bonds. The summed E-state index contributed by atoms with van der Waals surface area (Å²) in [5, 5.41) is 0. The van der Waals surface area contributed by atoms with Gasteiger partial charge in [-0.3, -0.25) is 4.72 Å². The molecule has 0 unspecified atom stereocenters. The lowest BCUT2D eigenvalue weighted by molar-refractivity contribution is -0.139. The van der Waals surface area contributed by atoms with Crippen LogP contribution in [-0.2, 0) is 16.2 Å². The quantitative estimate of drug-likeness (QED) is 0.775. The normalized spacial score (nSPS) is 18.1. The SMILES string of the molecule is Cc1ccc(C)c(S(=O)(=O)Nc2ccc(C(F)(F)F)c(O[C@@H]3CCN(C)C3)c2)c1. The van der Waals surface area contributed by atoms with E-state index in [2.05, 4.69) is 4.72 Å². The summed E-state index contributed by atoms with van der Waals surface area (Å²) in [5.41, 5.74) is 0.389. The van der Waals surface area contributed by atoms with Crippen molar-refractivity contribution in [1.29, 1.82) is 0 Å². The number of anilines is 1. The number of hydrogen-bond donors (Lipinski definition) is 1. The lowest BCUT2D eigenvalue weighted by Gasteiger charge is -2.20. The Morgan fingerprint density at radius 3 is 2.48 bits per heavy atom. The van der Waals surface area contributed by atoms with E-state index in [0.717, 1.165) is 30.3 Å². The van der Waals surface area contributed by atoms with E-state index >= 15 is 0 Å². The Kier molecular flexibility index (Phi) is 5.82. The number of likely N-dealkylation sites (tertiary alicyclic amines) is 1. The number of likely N-dealkylation sites (N-methyl/N-ethyl adjacent to an activating group) is 1. The minimum atomic E-state index is -4.61. The second kappa shape index (κ2) is 7.87. The van der Waals surface area contributed by atoms with E-state index in [0.29, 0.717) is 18.5 Å². The van der Waals surface area contributed by atoms with Crippen molar-refractivity contribution in [1.82, 2.24) is 4.90 Å². The summed E-state index contributed by atoms with van der Waals surface area (Å²) in [6, 6.07) is 8.03. The minimum absolute atomic E-state index is 0.0141. The molecule has 1 N–H and O–H groups in total. The van der Waals surface area contributed by atoms with Crippen LogP contribution in [-0.4, -0.2) is 39.6 Å². The Morgan fingerprint density at radius 2 is 1.86 bits per heavy atom. The first-order valence-electron chi connectivity index (χ1n) is 9.12.